The Labute approximate surface area is 452 Å². The number of unbranched alkanes of at least 4 members (excludes halogenated alkanes) is 28. The van der Waals surface area contributed by atoms with Crippen molar-refractivity contribution in [3.8, 4) is 0 Å². The second kappa shape index (κ2) is 54.5. The van der Waals surface area contributed by atoms with Crippen LogP contribution in [0, 0.1) is 0 Å². The molecule has 0 bridgehead atoms. The summed E-state index contributed by atoms with van der Waals surface area (Å²) in [6.45, 7) is 4.61. The summed E-state index contributed by atoms with van der Waals surface area (Å²) < 4.78 is 23.4. The van der Waals surface area contributed by atoms with Gasteiger partial charge in [0.1, 0.15) is 13.2 Å². The first kappa shape index (κ1) is 70.7. The molecule has 0 fully saturated rings. The van der Waals surface area contributed by atoms with Gasteiger partial charge in [-0.1, -0.05) is 272 Å². The number of nitrogens with zero attached hydrogens (tertiary/aromatic N) is 1. The standard InChI is InChI=1S/C64H117N2O6P/c1-6-8-10-12-14-16-18-20-21-22-23-24-25-26-27-28-29-30-31-32-33-34-35-36-37-38-39-40-41-42-43-44-45-46-48-50-52-54-56-58-64(68)65-62(61-72-73(69,70)71-60-59-66(3,4)5)63(67)57-55-53-51-49-47-19-17-15-13-11-9-7-2/h8,10,14,16,20-21,23-24,26-27,29-30,32-33,62-63,67H,6-7,9,11-13,15,17-19,22,25,28,31,34-61H2,1-5H3,(H-,65,68,69,70)/b10-8-,16-14-,21-20-,24-23-,27-26-,30-29-,33-32-. The topological polar surface area (TPSA) is 108 Å². The first-order valence-electron chi connectivity index (χ1n) is 30.4. The molecule has 9 heteroatoms. The van der Waals surface area contributed by atoms with Gasteiger partial charge in [-0.2, -0.15) is 0 Å². The predicted molar refractivity (Wildman–Crippen MR) is 316 cm³/mol. The number of nitrogens with one attached hydrogen (secondary N) is 1. The Morgan fingerprint density at radius 2 is 0.836 bits per heavy atom. The minimum atomic E-state index is -4.57. The number of carbonyl (C=O) groups is 1. The van der Waals surface area contributed by atoms with E-state index in [1.54, 1.807) is 0 Å². The minimum Gasteiger partial charge on any atom is -0.756 e. The van der Waals surface area contributed by atoms with E-state index < -0.39 is 20.0 Å². The number of hydrogen-bond acceptors (Lipinski definition) is 6. The molecule has 0 saturated heterocycles. The van der Waals surface area contributed by atoms with Gasteiger partial charge < -0.3 is 28.8 Å². The third kappa shape index (κ3) is 57.2. The summed E-state index contributed by atoms with van der Waals surface area (Å²) in [4.78, 5) is 25.5. The molecule has 424 valence electrons. The van der Waals surface area contributed by atoms with Crippen molar-refractivity contribution in [1.82, 2.24) is 5.32 Å². The Bertz CT molecular complexity index is 1460. The number of quaternary nitrogens is 1. The Morgan fingerprint density at radius 1 is 0.493 bits per heavy atom. The van der Waals surface area contributed by atoms with E-state index in [-0.39, 0.29) is 19.1 Å². The van der Waals surface area contributed by atoms with Crippen LogP contribution < -0.4 is 10.2 Å². The van der Waals surface area contributed by atoms with Crippen LogP contribution in [0.2, 0.25) is 0 Å². The molecule has 0 rings (SSSR count). The van der Waals surface area contributed by atoms with Crippen LogP contribution in [0.15, 0.2) is 85.1 Å². The van der Waals surface area contributed by atoms with Crippen LogP contribution in [0.25, 0.3) is 0 Å². The fourth-order valence-electron chi connectivity index (χ4n) is 8.67. The first-order valence-corrected chi connectivity index (χ1v) is 31.9. The van der Waals surface area contributed by atoms with Gasteiger partial charge in [-0.3, -0.25) is 9.36 Å². The molecular formula is C64H117N2O6P. The second-order valence-electron chi connectivity index (χ2n) is 21.7. The largest absolute Gasteiger partial charge is 0.756 e. The number of carbonyl (C=O) groups excluding carboxylic acids is 1. The SMILES string of the molecule is CC/C=C\C/C=C\C/C=C\C/C=C\C/C=C\C/C=C\C/C=C\CCCCCCCCCCCCCCCCCCCC(=O)NC(COP(=O)([O-])OCC[N+](C)(C)C)C(O)CCCCCCCCCCCCCC. The third-order valence-corrected chi connectivity index (χ3v) is 14.4. The molecule has 8 nitrogen and oxygen atoms in total. The molecular weight excluding hydrogens is 924 g/mol. The summed E-state index contributed by atoms with van der Waals surface area (Å²) in [7, 11) is 1.30. The molecule has 0 aromatic carbocycles. The Morgan fingerprint density at radius 3 is 1.22 bits per heavy atom. The van der Waals surface area contributed by atoms with Gasteiger partial charge in [-0.15, -0.1) is 0 Å². The number of aliphatic hydroxyl groups excluding tert-OH is 1. The van der Waals surface area contributed by atoms with Gasteiger partial charge in [0.15, 0.2) is 0 Å². The van der Waals surface area contributed by atoms with E-state index in [1.807, 2.05) is 21.1 Å². The number of hydrogen-bond donors (Lipinski definition) is 2. The van der Waals surface area contributed by atoms with Crippen LogP contribution in [0.4, 0.5) is 0 Å². The van der Waals surface area contributed by atoms with Crippen LogP contribution in [0.5, 0.6) is 0 Å². The van der Waals surface area contributed by atoms with E-state index in [2.05, 4.69) is 104 Å². The number of rotatable bonds is 55. The highest BCUT2D eigenvalue weighted by Crippen LogP contribution is 2.38. The first-order chi connectivity index (χ1) is 35.5. The summed E-state index contributed by atoms with van der Waals surface area (Å²) in [5.41, 5.74) is 0. The van der Waals surface area contributed by atoms with Crippen molar-refractivity contribution in [2.24, 2.45) is 0 Å². The lowest BCUT2D eigenvalue weighted by atomic mass is 10.0. The van der Waals surface area contributed by atoms with E-state index in [9.17, 15) is 19.4 Å². The van der Waals surface area contributed by atoms with Gasteiger partial charge in [0.05, 0.1) is 39.9 Å². The average molecular weight is 1040 g/mol. The van der Waals surface area contributed by atoms with Crippen LogP contribution >= 0.6 is 7.82 Å². The summed E-state index contributed by atoms with van der Waals surface area (Å²) >= 11 is 0. The molecule has 0 aliphatic heterocycles. The maximum absolute atomic E-state index is 13.0. The number of amides is 1. The lowest BCUT2D eigenvalue weighted by Crippen LogP contribution is -2.46. The van der Waals surface area contributed by atoms with Crippen molar-refractivity contribution >= 4 is 13.7 Å². The summed E-state index contributed by atoms with van der Waals surface area (Å²) in [5.74, 6) is -0.165. The van der Waals surface area contributed by atoms with Crippen molar-refractivity contribution in [2.45, 2.75) is 276 Å². The van der Waals surface area contributed by atoms with Gasteiger partial charge >= 0.3 is 0 Å². The molecule has 2 N–H and O–H groups in total. The molecule has 0 aliphatic carbocycles. The maximum Gasteiger partial charge on any atom is 0.268 e. The molecule has 3 atom stereocenters. The van der Waals surface area contributed by atoms with Crippen LogP contribution in [-0.4, -0.2) is 68.5 Å². The second-order valence-corrected chi connectivity index (χ2v) is 23.1. The smallest absolute Gasteiger partial charge is 0.268 e. The zero-order valence-electron chi connectivity index (χ0n) is 48.3. The summed E-state index contributed by atoms with van der Waals surface area (Å²) in [6, 6.07) is -0.802. The fourth-order valence-corrected chi connectivity index (χ4v) is 9.39. The van der Waals surface area contributed by atoms with Crippen molar-refractivity contribution in [2.75, 3.05) is 40.9 Å². The molecule has 0 saturated carbocycles. The molecule has 0 heterocycles. The highest BCUT2D eigenvalue weighted by atomic mass is 31.2. The van der Waals surface area contributed by atoms with Gasteiger partial charge in [-0.05, 0) is 70.6 Å². The quantitative estimate of drug-likeness (QED) is 0.0272. The molecule has 1 amide bonds. The lowest BCUT2D eigenvalue weighted by Gasteiger charge is -2.30. The van der Waals surface area contributed by atoms with Gasteiger partial charge in [0, 0.05) is 6.42 Å². The Balaban J connectivity index is 3.93. The lowest BCUT2D eigenvalue weighted by molar-refractivity contribution is -0.870. The molecule has 73 heavy (non-hydrogen) atoms. The molecule has 0 aromatic heterocycles. The van der Waals surface area contributed by atoms with Gasteiger partial charge in [0.25, 0.3) is 7.82 Å². The van der Waals surface area contributed by atoms with E-state index in [4.69, 9.17) is 9.05 Å². The number of aliphatic hydroxyl groups is 1. The van der Waals surface area contributed by atoms with E-state index in [0.717, 1.165) is 83.5 Å². The van der Waals surface area contributed by atoms with Gasteiger partial charge in [-0.25, -0.2) is 0 Å². The number of allylic oxidation sites excluding steroid dienone is 14. The van der Waals surface area contributed by atoms with Crippen molar-refractivity contribution < 1.29 is 32.9 Å². The zero-order valence-corrected chi connectivity index (χ0v) is 49.2. The summed E-state index contributed by atoms with van der Waals surface area (Å²) in [5, 5.41) is 14.0. The van der Waals surface area contributed by atoms with Crippen LogP contribution in [0.1, 0.15) is 264 Å². The number of likely N-dealkylation sites (N-methyl/N-ethyl adjacent to an activating group) is 1. The van der Waals surface area contributed by atoms with E-state index >= 15 is 0 Å². The Hall–Kier alpha value is -2.32. The van der Waals surface area contributed by atoms with E-state index in [1.165, 1.54) is 154 Å². The number of phosphoric acid groups is 1. The Kier molecular flexibility index (Phi) is 52.7. The van der Waals surface area contributed by atoms with Crippen molar-refractivity contribution in [3.05, 3.63) is 85.1 Å². The molecule has 0 aliphatic rings. The predicted octanol–water partition coefficient (Wildman–Crippen LogP) is 18.2. The average Bonchev–Trinajstić information content (AvgIpc) is 3.35. The van der Waals surface area contributed by atoms with Crippen LogP contribution in [-0.2, 0) is 18.4 Å². The molecule has 0 aromatic rings. The summed E-state index contributed by atoms with van der Waals surface area (Å²) in [6.07, 6.45) is 76.4. The van der Waals surface area contributed by atoms with Crippen molar-refractivity contribution in [1.29, 1.82) is 0 Å². The monoisotopic (exact) mass is 1040 g/mol. The highest BCUT2D eigenvalue weighted by molar-refractivity contribution is 7.45. The number of phosphoric ester groups is 1. The highest BCUT2D eigenvalue weighted by Gasteiger charge is 2.24. The molecule has 0 radical (unpaired) electrons. The molecule has 0 spiro atoms. The maximum atomic E-state index is 13.0. The van der Waals surface area contributed by atoms with Gasteiger partial charge in [0.2, 0.25) is 5.91 Å². The third-order valence-electron chi connectivity index (χ3n) is 13.4. The van der Waals surface area contributed by atoms with Crippen LogP contribution in [0.3, 0.4) is 0 Å². The molecule has 3 unspecified atom stereocenters. The fraction of sp³-hybridized carbons (Fsp3) is 0.766. The van der Waals surface area contributed by atoms with Crippen molar-refractivity contribution in [3.63, 3.8) is 0 Å². The normalized spacial score (nSPS) is 14.5. The minimum absolute atomic E-state index is 0.0110. The van der Waals surface area contributed by atoms with E-state index in [0.29, 0.717) is 23.9 Å². The zero-order chi connectivity index (χ0) is 53.5.